The van der Waals surface area contributed by atoms with Gasteiger partial charge in [0, 0.05) is 42.8 Å². The molecule has 0 fully saturated rings. The first-order valence-corrected chi connectivity index (χ1v) is 11.7. The predicted octanol–water partition coefficient (Wildman–Crippen LogP) is 4.78. The van der Waals surface area contributed by atoms with Crippen molar-refractivity contribution >= 4 is 43.8 Å². The Morgan fingerprint density at radius 3 is 2.77 bits per heavy atom. The second kappa shape index (κ2) is 7.61. The summed E-state index contributed by atoms with van der Waals surface area (Å²) >= 11 is 3.36. The molecule has 0 bridgehead atoms. The van der Waals surface area contributed by atoms with Crippen LogP contribution < -0.4 is 5.32 Å². The van der Waals surface area contributed by atoms with Gasteiger partial charge >= 0.3 is 0 Å². The molecule has 0 spiro atoms. The fraction of sp³-hybridized carbons (Fsp3) is 0.318. The SMILES string of the molecule is CC(C)N1CCc2c(sc(NC(=O)c3ccn(C)n3)c2-c2nc3ccccc3s2)C1. The number of nitrogens with zero attached hydrogens (tertiary/aromatic N) is 4. The highest BCUT2D eigenvalue weighted by Crippen LogP contribution is 2.46. The minimum absolute atomic E-state index is 0.183. The van der Waals surface area contributed by atoms with Crippen LogP contribution in [-0.4, -0.2) is 38.2 Å². The highest BCUT2D eigenvalue weighted by Gasteiger charge is 2.28. The number of thiophene rings is 1. The average molecular weight is 438 g/mol. The molecule has 4 heterocycles. The molecule has 0 radical (unpaired) electrons. The van der Waals surface area contributed by atoms with Crippen molar-refractivity contribution < 1.29 is 4.79 Å². The number of anilines is 1. The van der Waals surface area contributed by atoms with Crippen molar-refractivity contribution in [2.24, 2.45) is 7.05 Å². The number of aromatic nitrogens is 3. The summed E-state index contributed by atoms with van der Waals surface area (Å²) in [6.45, 7) is 6.40. The Balaban J connectivity index is 1.59. The van der Waals surface area contributed by atoms with Gasteiger partial charge in [-0.3, -0.25) is 14.4 Å². The van der Waals surface area contributed by atoms with E-state index in [1.165, 1.54) is 10.4 Å². The van der Waals surface area contributed by atoms with Gasteiger partial charge in [0.25, 0.3) is 5.91 Å². The Morgan fingerprint density at radius 1 is 1.20 bits per heavy atom. The van der Waals surface area contributed by atoms with Crippen molar-refractivity contribution in [3.8, 4) is 10.6 Å². The number of fused-ring (bicyclic) bond motifs is 2. The molecule has 8 heteroatoms. The summed E-state index contributed by atoms with van der Waals surface area (Å²) in [5.41, 5.74) is 3.83. The molecule has 1 aliphatic rings. The highest BCUT2D eigenvalue weighted by molar-refractivity contribution is 7.22. The highest BCUT2D eigenvalue weighted by atomic mass is 32.1. The molecule has 3 aromatic heterocycles. The molecule has 0 atom stereocenters. The van der Waals surface area contributed by atoms with E-state index in [0.717, 1.165) is 45.3 Å². The summed E-state index contributed by atoms with van der Waals surface area (Å²) in [4.78, 5) is 21.6. The number of aryl methyl sites for hydroxylation is 1. The van der Waals surface area contributed by atoms with Gasteiger partial charge < -0.3 is 5.32 Å². The Bertz CT molecular complexity index is 1200. The van der Waals surface area contributed by atoms with Crippen molar-refractivity contribution in [3.63, 3.8) is 0 Å². The summed E-state index contributed by atoms with van der Waals surface area (Å²) in [5, 5.41) is 9.24. The third kappa shape index (κ3) is 3.45. The van der Waals surface area contributed by atoms with Crippen LogP contribution in [-0.2, 0) is 20.0 Å². The van der Waals surface area contributed by atoms with Crippen LogP contribution in [0.15, 0.2) is 36.5 Å². The van der Waals surface area contributed by atoms with Gasteiger partial charge in [0.1, 0.15) is 10.0 Å². The average Bonchev–Trinajstić information content (AvgIpc) is 3.42. The minimum atomic E-state index is -0.183. The lowest BCUT2D eigenvalue weighted by atomic mass is 10.0. The van der Waals surface area contributed by atoms with Crippen LogP contribution >= 0.6 is 22.7 Å². The zero-order valence-electron chi connectivity index (χ0n) is 17.2. The molecular formula is C22H23N5OS2. The van der Waals surface area contributed by atoms with E-state index in [-0.39, 0.29) is 5.91 Å². The van der Waals surface area contributed by atoms with Crippen LogP contribution in [0, 0.1) is 0 Å². The normalized spacial score (nSPS) is 14.4. The van der Waals surface area contributed by atoms with Crippen LogP contribution in [0.4, 0.5) is 5.00 Å². The number of hydrogen-bond donors (Lipinski definition) is 1. The third-order valence-electron chi connectivity index (χ3n) is 5.50. The zero-order valence-corrected chi connectivity index (χ0v) is 18.8. The predicted molar refractivity (Wildman–Crippen MR) is 123 cm³/mol. The van der Waals surface area contributed by atoms with Crippen molar-refractivity contribution in [1.29, 1.82) is 0 Å². The largest absolute Gasteiger partial charge is 0.312 e. The van der Waals surface area contributed by atoms with Gasteiger partial charge in [-0.05, 0) is 44.0 Å². The fourth-order valence-corrected chi connectivity index (χ4v) is 6.24. The number of benzene rings is 1. The number of carbonyl (C=O) groups excluding carboxylic acids is 1. The van der Waals surface area contributed by atoms with E-state index in [1.54, 1.807) is 39.6 Å². The number of rotatable bonds is 4. The standard InChI is InChI=1S/C22H23N5OS2/c1-13(2)27-11-8-14-18(12-27)30-22(24-20(28)16-9-10-26(3)25-16)19(14)21-23-15-6-4-5-7-17(15)29-21/h4-7,9-10,13H,8,11-12H2,1-3H3,(H,24,28). The van der Waals surface area contributed by atoms with Gasteiger partial charge in [-0.25, -0.2) is 4.98 Å². The minimum Gasteiger partial charge on any atom is -0.312 e. The molecule has 0 saturated carbocycles. The lowest BCUT2D eigenvalue weighted by molar-refractivity contribution is 0.102. The lowest BCUT2D eigenvalue weighted by Crippen LogP contribution is -2.35. The zero-order chi connectivity index (χ0) is 20.8. The van der Waals surface area contributed by atoms with Gasteiger partial charge in [0.2, 0.25) is 0 Å². The second-order valence-corrected chi connectivity index (χ2v) is 9.97. The van der Waals surface area contributed by atoms with Crippen molar-refractivity contribution in [2.75, 3.05) is 11.9 Å². The molecule has 0 saturated heterocycles. The van der Waals surface area contributed by atoms with Crippen LogP contribution in [0.5, 0.6) is 0 Å². The third-order valence-corrected chi connectivity index (χ3v) is 7.68. The molecule has 5 rings (SSSR count). The summed E-state index contributed by atoms with van der Waals surface area (Å²) in [6.07, 6.45) is 2.75. The molecule has 154 valence electrons. The summed E-state index contributed by atoms with van der Waals surface area (Å²) in [6, 6.07) is 10.4. The van der Waals surface area contributed by atoms with E-state index < -0.39 is 0 Å². The van der Waals surface area contributed by atoms with E-state index in [9.17, 15) is 4.79 Å². The first-order chi connectivity index (χ1) is 14.5. The number of thiazole rings is 1. The van der Waals surface area contributed by atoms with Crippen LogP contribution in [0.2, 0.25) is 0 Å². The van der Waals surface area contributed by atoms with E-state index in [1.807, 2.05) is 25.2 Å². The number of hydrogen-bond acceptors (Lipinski definition) is 6. The first kappa shape index (κ1) is 19.4. The summed E-state index contributed by atoms with van der Waals surface area (Å²) in [7, 11) is 1.81. The van der Waals surface area contributed by atoms with Gasteiger partial charge in [-0.15, -0.1) is 22.7 Å². The molecule has 0 aliphatic carbocycles. The van der Waals surface area contributed by atoms with E-state index in [2.05, 4.69) is 35.2 Å². The number of para-hydroxylation sites is 1. The molecule has 6 nitrogen and oxygen atoms in total. The fourth-order valence-electron chi connectivity index (χ4n) is 3.86. The van der Waals surface area contributed by atoms with Crippen LogP contribution in [0.3, 0.4) is 0 Å². The van der Waals surface area contributed by atoms with Crippen molar-refractivity contribution in [3.05, 3.63) is 52.7 Å². The monoisotopic (exact) mass is 437 g/mol. The summed E-state index contributed by atoms with van der Waals surface area (Å²) < 4.78 is 2.80. The summed E-state index contributed by atoms with van der Waals surface area (Å²) in [5.74, 6) is -0.183. The van der Waals surface area contributed by atoms with Gasteiger partial charge in [0.15, 0.2) is 5.69 Å². The molecule has 1 aromatic carbocycles. The van der Waals surface area contributed by atoms with Crippen molar-refractivity contribution in [1.82, 2.24) is 19.7 Å². The van der Waals surface area contributed by atoms with Crippen LogP contribution in [0.1, 0.15) is 34.8 Å². The smallest absolute Gasteiger partial charge is 0.276 e. The number of amides is 1. The maximum atomic E-state index is 12.9. The Kier molecular flexibility index (Phi) is 4.92. The quantitative estimate of drug-likeness (QED) is 0.499. The molecule has 0 unspecified atom stereocenters. The lowest BCUT2D eigenvalue weighted by Gasteiger charge is -2.30. The van der Waals surface area contributed by atoms with Gasteiger partial charge in [-0.2, -0.15) is 5.10 Å². The molecule has 1 amide bonds. The van der Waals surface area contributed by atoms with E-state index >= 15 is 0 Å². The maximum absolute atomic E-state index is 12.9. The van der Waals surface area contributed by atoms with Crippen LogP contribution in [0.25, 0.3) is 20.8 Å². The molecule has 1 aliphatic heterocycles. The maximum Gasteiger partial charge on any atom is 0.276 e. The van der Waals surface area contributed by atoms with Crippen molar-refractivity contribution in [2.45, 2.75) is 32.9 Å². The first-order valence-electron chi connectivity index (χ1n) is 10.0. The molecule has 1 N–H and O–H groups in total. The topological polar surface area (TPSA) is 63.1 Å². The Labute approximate surface area is 183 Å². The number of carbonyl (C=O) groups is 1. The Hall–Kier alpha value is -2.55. The second-order valence-electron chi connectivity index (χ2n) is 7.84. The molecular weight excluding hydrogens is 414 g/mol. The van der Waals surface area contributed by atoms with E-state index in [0.29, 0.717) is 11.7 Å². The van der Waals surface area contributed by atoms with Gasteiger partial charge in [-0.1, -0.05) is 12.1 Å². The number of nitrogens with one attached hydrogen (secondary N) is 1. The van der Waals surface area contributed by atoms with Gasteiger partial charge in [0.05, 0.1) is 10.2 Å². The van der Waals surface area contributed by atoms with E-state index in [4.69, 9.17) is 4.98 Å². The Morgan fingerprint density at radius 2 is 2.03 bits per heavy atom. The molecule has 30 heavy (non-hydrogen) atoms. The molecule has 4 aromatic rings.